The average molecular weight is 368 g/mol. The number of rotatable bonds is 9. The smallest absolute Gasteiger partial charge is 0.323 e. The van der Waals surface area contributed by atoms with E-state index < -0.39 is 12.0 Å². The number of thioether (sulfide) groups is 1. The minimum absolute atomic E-state index is 0.0489. The van der Waals surface area contributed by atoms with E-state index in [1.54, 1.807) is 18.8 Å². The number of carboxylic acids is 1. The summed E-state index contributed by atoms with van der Waals surface area (Å²) in [5.41, 5.74) is -0.0489. The number of benzene rings is 1. The van der Waals surface area contributed by atoms with Gasteiger partial charge in [0.15, 0.2) is 0 Å². The molecule has 1 fully saturated rings. The summed E-state index contributed by atoms with van der Waals surface area (Å²) >= 11 is 1.62. The van der Waals surface area contributed by atoms with Crippen LogP contribution in [0.25, 0.3) is 0 Å². The SMILES string of the molecule is CNC(C(=O)O)[C@@H]1OC(Sc2cccc(OCCN(C)C)c2)C[C@H]1C. The lowest BCUT2D eigenvalue weighted by Gasteiger charge is -2.22. The maximum atomic E-state index is 11.4. The zero-order chi connectivity index (χ0) is 18.4. The van der Waals surface area contributed by atoms with Gasteiger partial charge >= 0.3 is 5.97 Å². The Morgan fingerprint density at radius 2 is 2.28 bits per heavy atom. The van der Waals surface area contributed by atoms with Gasteiger partial charge in [-0.2, -0.15) is 0 Å². The Morgan fingerprint density at radius 1 is 1.52 bits per heavy atom. The zero-order valence-electron chi connectivity index (χ0n) is 15.3. The molecule has 1 heterocycles. The van der Waals surface area contributed by atoms with Crippen LogP contribution in [0.3, 0.4) is 0 Å². The standard InChI is InChI=1S/C18H28N2O4S/c1-12-10-15(24-17(12)16(19-2)18(21)22)25-14-7-5-6-13(11-14)23-9-8-20(3)4/h5-7,11-12,15-17,19H,8-10H2,1-4H3,(H,21,22)/t12-,15?,16?,17-/m1/s1. The summed E-state index contributed by atoms with van der Waals surface area (Å²) in [7, 11) is 5.68. The van der Waals surface area contributed by atoms with Crippen molar-refractivity contribution in [1.29, 1.82) is 0 Å². The van der Waals surface area contributed by atoms with Crippen LogP contribution in [-0.4, -0.2) is 67.9 Å². The van der Waals surface area contributed by atoms with Crippen LogP contribution in [0, 0.1) is 5.92 Å². The molecule has 0 saturated carbocycles. The Morgan fingerprint density at radius 3 is 2.92 bits per heavy atom. The number of hydrogen-bond donors (Lipinski definition) is 2. The van der Waals surface area contributed by atoms with Crippen molar-refractivity contribution in [2.75, 3.05) is 34.3 Å². The predicted molar refractivity (Wildman–Crippen MR) is 99.3 cm³/mol. The van der Waals surface area contributed by atoms with Gasteiger partial charge in [0.1, 0.15) is 23.8 Å². The van der Waals surface area contributed by atoms with Gasteiger partial charge in [0.2, 0.25) is 0 Å². The molecular formula is C18H28N2O4S. The van der Waals surface area contributed by atoms with E-state index in [0.717, 1.165) is 23.6 Å². The first-order valence-corrected chi connectivity index (χ1v) is 9.38. The largest absolute Gasteiger partial charge is 0.492 e. The summed E-state index contributed by atoms with van der Waals surface area (Å²) in [6, 6.07) is 7.27. The molecule has 1 aromatic rings. The molecule has 0 bridgehead atoms. The van der Waals surface area contributed by atoms with E-state index in [9.17, 15) is 9.90 Å². The number of nitrogens with one attached hydrogen (secondary N) is 1. The third-order valence-electron chi connectivity index (χ3n) is 4.22. The molecule has 4 atom stereocenters. The fraction of sp³-hybridized carbons (Fsp3) is 0.611. The van der Waals surface area contributed by atoms with Crippen molar-refractivity contribution in [3.05, 3.63) is 24.3 Å². The number of likely N-dealkylation sites (N-methyl/N-ethyl adjacent to an activating group) is 2. The monoisotopic (exact) mass is 368 g/mol. The highest BCUT2D eigenvalue weighted by atomic mass is 32.2. The van der Waals surface area contributed by atoms with Crippen LogP contribution in [0.2, 0.25) is 0 Å². The summed E-state index contributed by atoms with van der Waals surface area (Å²) in [5.74, 6) is 0.153. The van der Waals surface area contributed by atoms with E-state index in [4.69, 9.17) is 9.47 Å². The van der Waals surface area contributed by atoms with Gasteiger partial charge in [-0.15, -0.1) is 0 Å². The molecule has 2 rings (SSSR count). The van der Waals surface area contributed by atoms with Crippen LogP contribution in [0.1, 0.15) is 13.3 Å². The van der Waals surface area contributed by atoms with E-state index in [1.807, 2.05) is 45.3 Å². The third-order valence-corrected chi connectivity index (χ3v) is 5.31. The van der Waals surface area contributed by atoms with Gasteiger partial charge in [0, 0.05) is 11.4 Å². The molecule has 1 aliphatic heterocycles. The molecule has 2 unspecified atom stereocenters. The Kier molecular flexibility index (Phi) is 7.56. The molecule has 0 amide bonds. The first kappa shape index (κ1) is 20.0. The number of carbonyl (C=O) groups is 1. The number of carboxylic acid groups (broad SMARTS) is 1. The molecule has 25 heavy (non-hydrogen) atoms. The molecule has 0 spiro atoms. The number of ether oxygens (including phenoxy) is 2. The molecule has 0 radical (unpaired) electrons. The van der Waals surface area contributed by atoms with E-state index in [-0.39, 0.29) is 17.5 Å². The van der Waals surface area contributed by atoms with Gasteiger partial charge in [0.25, 0.3) is 0 Å². The highest BCUT2D eigenvalue weighted by Gasteiger charge is 2.40. The van der Waals surface area contributed by atoms with Crippen molar-refractivity contribution < 1.29 is 19.4 Å². The van der Waals surface area contributed by atoms with E-state index in [1.165, 1.54) is 0 Å². The third kappa shape index (κ3) is 5.88. The molecule has 0 aromatic heterocycles. The van der Waals surface area contributed by atoms with Crippen LogP contribution in [0.5, 0.6) is 5.75 Å². The molecular weight excluding hydrogens is 340 g/mol. The van der Waals surface area contributed by atoms with Crippen molar-refractivity contribution in [3.63, 3.8) is 0 Å². The molecule has 2 N–H and O–H groups in total. The first-order valence-electron chi connectivity index (χ1n) is 8.50. The first-order chi connectivity index (χ1) is 11.9. The van der Waals surface area contributed by atoms with E-state index in [0.29, 0.717) is 6.61 Å². The average Bonchev–Trinajstić information content (AvgIpc) is 2.88. The van der Waals surface area contributed by atoms with Crippen molar-refractivity contribution in [2.45, 2.75) is 35.8 Å². The van der Waals surface area contributed by atoms with Crippen LogP contribution >= 0.6 is 11.8 Å². The summed E-state index contributed by atoms with van der Waals surface area (Å²) in [6.45, 7) is 3.55. The molecule has 140 valence electrons. The van der Waals surface area contributed by atoms with Gasteiger partial charge in [0.05, 0.1) is 6.10 Å². The normalized spacial score (nSPS) is 24.4. The van der Waals surface area contributed by atoms with Crippen LogP contribution in [0.4, 0.5) is 0 Å². The molecule has 1 aliphatic rings. The Hall–Kier alpha value is -1.28. The quantitative estimate of drug-likeness (QED) is 0.692. The summed E-state index contributed by atoms with van der Waals surface area (Å²) in [5, 5.41) is 12.2. The minimum Gasteiger partial charge on any atom is -0.492 e. The van der Waals surface area contributed by atoms with Crippen LogP contribution < -0.4 is 10.1 Å². The fourth-order valence-electron chi connectivity index (χ4n) is 2.85. The molecule has 6 nitrogen and oxygen atoms in total. The van der Waals surface area contributed by atoms with Gasteiger partial charge < -0.3 is 24.8 Å². The van der Waals surface area contributed by atoms with Gasteiger partial charge in [-0.25, -0.2) is 0 Å². The summed E-state index contributed by atoms with van der Waals surface area (Å²) in [4.78, 5) is 14.5. The highest BCUT2D eigenvalue weighted by molar-refractivity contribution is 7.99. The molecule has 1 saturated heterocycles. The molecule has 7 heteroatoms. The lowest BCUT2D eigenvalue weighted by Crippen LogP contribution is -2.46. The maximum Gasteiger partial charge on any atom is 0.323 e. The summed E-state index contributed by atoms with van der Waals surface area (Å²) in [6.07, 6.45) is 0.506. The fourth-order valence-corrected chi connectivity index (χ4v) is 4.08. The van der Waals surface area contributed by atoms with Gasteiger partial charge in [-0.3, -0.25) is 4.79 Å². The summed E-state index contributed by atoms with van der Waals surface area (Å²) < 4.78 is 11.8. The molecule has 0 aliphatic carbocycles. The Bertz CT molecular complexity index is 570. The topological polar surface area (TPSA) is 71.0 Å². The Balaban J connectivity index is 1.93. The predicted octanol–water partition coefficient (Wildman–Crippen LogP) is 2.14. The van der Waals surface area contributed by atoms with Crippen molar-refractivity contribution in [1.82, 2.24) is 10.2 Å². The Labute approximate surface area is 153 Å². The second kappa shape index (κ2) is 9.43. The van der Waals surface area contributed by atoms with Crippen LogP contribution in [-0.2, 0) is 9.53 Å². The number of nitrogens with zero attached hydrogens (tertiary/aromatic N) is 1. The van der Waals surface area contributed by atoms with Gasteiger partial charge in [-0.1, -0.05) is 24.8 Å². The lowest BCUT2D eigenvalue weighted by molar-refractivity contribution is -0.143. The van der Waals surface area contributed by atoms with Crippen molar-refractivity contribution in [2.24, 2.45) is 5.92 Å². The number of hydrogen-bond acceptors (Lipinski definition) is 6. The second-order valence-corrected chi connectivity index (χ2v) is 7.83. The minimum atomic E-state index is -0.874. The lowest BCUT2D eigenvalue weighted by atomic mass is 9.98. The zero-order valence-corrected chi connectivity index (χ0v) is 16.1. The van der Waals surface area contributed by atoms with Gasteiger partial charge in [-0.05, 0) is 51.7 Å². The highest BCUT2D eigenvalue weighted by Crippen LogP contribution is 2.38. The van der Waals surface area contributed by atoms with Crippen molar-refractivity contribution in [3.8, 4) is 5.75 Å². The van der Waals surface area contributed by atoms with E-state index in [2.05, 4.69) is 10.2 Å². The second-order valence-electron chi connectivity index (χ2n) is 6.59. The maximum absolute atomic E-state index is 11.4. The van der Waals surface area contributed by atoms with Crippen LogP contribution in [0.15, 0.2) is 29.2 Å². The molecule has 1 aromatic carbocycles. The van der Waals surface area contributed by atoms with E-state index >= 15 is 0 Å². The van der Waals surface area contributed by atoms with Crippen molar-refractivity contribution >= 4 is 17.7 Å². The number of aliphatic carboxylic acids is 1.